The molecule has 0 saturated heterocycles. The molecule has 1 unspecified atom stereocenters. The molecule has 3 nitrogen and oxygen atoms in total. The lowest BCUT2D eigenvalue weighted by Gasteiger charge is -2.30. The molecule has 0 aliphatic heterocycles. The molecular weight excluding hydrogens is 231 g/mol. The molecule has 100 valence electrons. The summed E-state index contributed by atoms with van der Waals surface area (Å²) >= 11 is 0. The smallest absolute Gasteiger partial charge is 0.141 e. The molecule has 1 N–H and O–H groups in total. The van der Waals surface area contributed by atoms with Gasteiger partial charge in [0.05, 0.1) is 18.0 Å². The number of halogens is 1. The molecule has 1 heterocycles. The second kappa shape index (κ2) is 6.25. The number of pyridine rings is 1. The van der Waals surface area contributed by atoms with Crippen molar-refractivity contribution >= 4 is 0 Å². The summed E-state index contributed by atoms with van der Waals surface area (Å²) < 4.78 is 12.7. The number of aliphatic hydroxyl groups excluding tert-OH is 1. The third-order valence-electron chi connectivity index (χ3n) is 3.67. The summed E-state index contributed by atoms with van der Waals surface area (Å²) in [5, 5.41) is 9.95. The minimum atomic E-state index is -0.602. The van der Waals surface area contributed by atoms with Gasteiger partial charge in [-0.25, -0.2) is 4.39 Å². The number of aliphatic hydroxyl groups is 1. The number of aromatic nitrogens is 1. The van der Waals surface area contributed by atoms with Gasteiger partial charge in [-0.2, -0.15) is 0 Å². The van der Waals surface area contributed by atoms with E-state index in [2.05, 4.69) is 16.9 Å². The maximum absolute atomic E-state index is 12.7. The lowest BCUT2D eigenvalue weighted by atomic mass is 9.85. The summed E-state index contributed by atoms with van der Waals surface area (Å²) in [7, 11) is 2.09. The van der Waals surface area contributed by atoms with Crippen LogP contribution >= 0.6 is 0 Å². The molecule has 1 aromatic rings. The summed E-state index contributed by atoms with van der Waals surface area (Å²) in [6.45, 7) is 1.96. The van der Waals surface area contributed by atoms with Crippen LogP contribution in [0.4, 0.5) is 4.39 Å². The van der Waals surface area contributed by atoms with Crippen LogP contribution in [0.5, 0.6) is 0 Å². The van der Waals surface area contributed by atoms with Gasteiger partial charge in [0.1, 0.15) is 5.82 Å². The average molecular weight is 252 g/mol. The highest BCUT2D eigenvalue weighted by atomic mass is 19.1. The Labute approximate surface area is 108 Å². The topological polar surface area (TPSA) is 36.4 Å². The van der Waals surface area contributed by atoms with E-state index in [9.17, 15) is 9.50 Å². The van der Waals surface area contributed by atoms with Crippen molar-refractivity contribution in [2.75, 3.05) is 20.1 Å². The molecular formula is C14H21FN2O. The van der Waals surface area contributed by atoms with Crippen molar-refractivity contribution in [1.29, 1.82) is 0 Å². The van der Waals surface area contributed by atoms with Crippen molar-refractivity contribution < 1.29 is 9.50 Å². The van der Waals surface area contributed by atoms with Crippen molar-refractivity contribution in [3.05, 3.63) is 29.8 Å². The van der Waals surface area contributed by atoms with Crippen molar-refractivity contribution in [3.8, 4) is 0 Å². The highest BCUT2D eigenvalue weighted by molar-refractivity contribution is 5.07. The third-order valence-corrected chi connectivity index (χ3v) is 3.67. The van der Waals surface area contributed by atoms with E-state index in [0.29, 0.717) is 12.1 Å². The van der Waals surface area contributed by atoms with Gasteiger partial charge < -0.3 is 10.0 Å². The SMILES string of the molecule is CN(CCC(O)c1ccc(F)cn1)CC1CCC1. The Morgan fingerprint density at radius 1 is 1.50 bits per heavy atom. The van der Waals surface area contributed by atoms with Crippen LogP contribution in [0.15, 0.2) is 18.3 Å². The zero-order valence-electron chi connectivity index (χ0n) is 10.8. The monoisotopic (exact) mass is 252 g/mol. The fourth-order valence-corrected chi connectivity index (χ4v) is 2.28. The molecule has 1 saturated carbocycles. The Hall–Kier alpha value is -1.00. The van der Waals surface area contributed by atoms with Crippen LogP contribution in [0.25, 0.3) is 0 Å². The first-order valence-corrected chi connectivity index (χ1v) is 6.63. The number of rotatable bonds is 6. The summed E-state index contributed by atoms with van der Waals surface area (Å²) in [5.41, 5.74) is 0.549. The van der Waals surface area contributed by atoms with E-state index in [-0.39, 0.29) is 5.82 Å². The van der Waals surface area contributed by atoms with Gasteiger partial charge in [0.25, 0.3) is 0 Å². The number of hydrogen-bond acceptors (Lipinski definition) is 3. The van der Waals surface area contributed by atoms with Crippen LogP contribution in [-0.2, 0) is 0 Å². The predicted molar refractivity (Wildman–Crippen MR) is 68.6 cm³/mol. The van der Waals surface area contributed by atoms with E-state index < -0.39 is 6.10 Å². The second-order valence-corrected chi connectivity index (χ2v) is 5.26. The van der Waals surface area contributed by atoms with E-state index in [4.69, 9.17) is 0 Å². The molecule has 1 aromatic heterocycles. The van der Waals surface area contributed by atoms with Crippen molar-refractivity contribution in [2.24, 2.45) is 5.92 Å². The number of hydrogen-bond donors (Lipinski definition) is 1. The molecule has 1 aliphatic carbocycles. The van der Waals surface area contributed by atoms with Crippen molar-refractivity contribution in [2.45, 2.75) is 31.8 Å². The molecule has 0 aromatic carbocycles. The highest BCUT2D eigenvalue weighted by Crippen LogP contribution is 2.27. The molecule has 4 heteroatoms. The van der Waals surface area contributed by atoms with E-state index in [1.165, 1.54) is 25.3 Å². The zero-order valence-corrected chi connectivity index (χ0v) is 10.8. The highest BCUT2D eigenvalue weighted by Gasteiger charge is 2.19. The van der Waals surface area contributed by atoms with Gasteiger partial charge in [0, 0.05) is 13.1 Å². The maximum atomic E-state index is 12.7. The van der Waals surface area contributed by atoms with Gasteiger partial charge in [-0.05, 0) is 44.4 Å². The van der Waals surface area contributed by atoms with Crippen LogP contribution in [0.2, 0.25) is 0 Å². The molecule has 2 rings (SSSR count). The van der Waals surface area contributed by atoms with Gasteiger partial charge in [-0.3, -0.25) is 4.98 Å². The van der Waals surface area contributed by atoms with E-state index in [1.807, 2.05) is 0 Å². The van der Waals surface area contributed by atoms with Gasteiger partial charge in [0.2, 0.25) is 0 Å². The van der Waals surface area contributed by atoms with Gasteiger partial charge in [-0.1, -0.05) is 6.42 Å². The minimum Gasteiger partial charge on any atom is -0.387 e. The summed E-state index contributed by atoms with van der Waals surface area (Å²) in [5.74, 6) is 0.476. The van der Waals surface area contributed by atoms with Gasteiger partial charge in [-0.15, -0.1) is 0 Å². The van der Waals surface area contributed by atoms with E-state index in [1.54, 1.807) is 6.07 Å². The lowest BCUT2D eigenvalue weighted by molar-refractivity contribution is 0.132. The minimum absolute atomic E-state index is 0.368. The molecule has 0 spiro atoms. The number of nitrogens with zero attached hydrogens (tertiary/aromatic N) is 2. The summed E-state index contributed by atoms with van der Waals surface area (Å²) in [4.78, 5) is 6.16. The van der Waals surface area contributed by atoms with E-state index in [0.717, 1.165) is 25.2 Å². The van der Waals surface area contributed by atoms with Gasteiger partial charge in [0.15, 0.2) is 0 Å². The maximum Gasteiger partial charge on any atom is 0.141 e. The standard InChI is InChI=1S/C14H21FN2O/c1-17(10-11-3-2-4-11)8-7-14(18)13-6-5-12(15)9-16-13/h5-6,9,11,14,18H,2-4,7-8,10H2,1H3. The Balaban J connectivity index is 1.73. The van der Waals surface area contributed by atoms with Crippen LogP contribution in [0, 0.1) is 11.7 Å². The van der Waals surface area contributed by atoms with Crippen LogP contribution in [0.3, 0.4) is 0 Å². The average Bonchev–Trinajstić information content (AvgIpc) is 2.32. The normalized spacial score (nSPS) is 17.8. The lowest BCUT2D eigenvalue weighted by Crippen LogP contribution is -2.30. The van der Waals surface area contributed by atoms with Crippen LogP contribution in [-0.4, -0.2) is 35.1 Å². The Morgan fingerprint density at radius 3 is 2.83 bits per heavy atom. The Kier molecular flexibility index (Phi) is 4.66. The largest absolute Gasteiger partial charge is 0.387 e. The Morgan fingerprint density at radius 2 is 2.28 bits per heavy atom. The van der Waals surface area contributed by atoms with E-state index >= 15 is 0 Å². The van der Waals surface area contributed by atoms with Crippen molar-refractivity contribution in [1.82, 2.24) is 9.88 Å². The first kappa shape index (κ1) is 13.4. The second-order valence-electron chi connectivity index (χ2n) is 5.26. The molecule has 0 bridgehead atoms. The van der Waals surface area contributed by atoms with Crippen LogP contribution in [0.1, 0.15) is 37.5 Å². The van der Waals surface area contributed by atoms with Gasteiger partial charge >= 0.3 is 0 Å². The van der Waals surface area contributed by atoms with Crippen molar-refractivity contribution in [3.63, 3.8) is 0 Å². The molecule has 1 atom stereocenters. The fraction of sp³-hybridized carbons (Fsp3) is 0.643. The third kappa shape index (κ3) is 3.75. The summed E-state index contributed by atoms with van der Waals surface area (Å²) in [6, 6.07) is 2.88. The summed E-state index contributed by atoms with van der Waals surface area (Å²) in [6.07, 6.45) is 5.23. The quantitative estimate of drug-likeness (QED) is 0.844. The first-order valence-electron chi connectivity index (χ1n) is 6.63. The first-order chi connectivity index (χ1) is 8.65. The molecule has 1 aliphatic rings. The Bertz CT molecular complexity index is 365. The zero-order chi connectivity index (χ0) is 13.0. The molecule has 18 heavy (non-hydrogen) atoms. The van der Waals surface area contributed by atoms with Crippen LogP contribution < -0.4 is 0 Å². The molecule has 0 amide bonds. The fourth-order valence-electron chi connectivity index (χ4n) is 2.28. The predicted octanol–water partition coefficient (Wildman–Crippen LogP) is 2.38. The molecule has 0 radical (unpaired) electrons. The molecule has 1 fully saturated rings.